The van der Waals surface area contributed by atoms with E-state index in [4.69, 9.17) is 4.74 Å². The number of carbonyl (C=O) groups excluding carboxylic acids is 1. The predicted octanol–water partition coefficient (Wildman–Crippen LogP) is 2.83. The molecule has 0 unspecified atom stereocenters. The molecule has 1 atom stereocenters. The molecule has 0 N–H and O–H groups in total. The van der Waals surface area contributed by atoms with Gasteiger partial charge in [-0.2, -0.15) is 0 Å². The lowest BCUT2D eigenvalue weighted by Crippen LogP contribution is -2.26. The van der Waals surface area contributed by atoms with Gasteiger partial charge in [-0.3, -0.25) is 24.3 Å². The first-order valence-electron chi connectivity index (χ1n) is 8.29. The first kappa shape index (κ1) is 19.4. The quantitative estimate of drug-likeness (QED) is 0.237. The third-order valence-electron chi connectivity index (χ3n) is 3.89. The zero-order valence-electron chi connectivity index (χ0n) is 14.7. The minimum Gasteiger partial charge on any atom is -0.465 e. The monoisotopic (exact) mass is 407 g/mol. The van der Waals surface area contributed by atoms with Gasteiger partial charge in [-0.25, -0.2) is 4.98 Å². The normalized spacial score (nSPS) is 13.9. The van der Waals surface area contributed by atoms with Crippen molar-refractivity contribution in [1.29, 1.82) is 0 Å². The summed E-state index contributed by atoms with van der Waals surface area (Å²) in [6.45, 7) is 3.69. The number of hydrogen-bond acceptors (Lipinski definition) is 8. The van der Waals surface area contributed by atoms with Crippen molar-refractivity contribution in [2.75, 3.05) is 12.4 Å². The highest BCUT2D eigenvalue weighted by atomic mass is 32.2. The molecular formula is C17H17N3O5S2. The van der Waals surface area contributed by atoms with E-state index in [0.29, 0.717) is 22.2 Å². The van der Waals surface area contributed by atoms with Gasteiger partial charge in [0.05, 0.1) is 27.8 Å². The molecule has 1 aromatic carbocycles. The molecule has 1 aliphatic heterocycles. The van der Waals surface area contributed by atoms with Gasteiger partial charge in [-0.15, -0.1) is 11.8 Å². The highest BCUT2D eigenvalue weighted by Crippen LogP contribution is 2.31. The van der Waals surface area contributed by atoms with Crippen molar-refractivity contribution >= 4 is 35.2 Å². The highest BCUT2D eigenvalue weighted by Gasteiger charge is 2.25. The third kappa shape index (κ3) is 4.01. The molecule has 0 aliphatic carbocycles. The summed E-state index contributed by atoms with van der Waals surface area (Å²) in [7, 11) is 0. The van der Waals surface area contributed by atoms with Crippen LogP contribution in [0.15, 0.2) is 39.1 Å². The van der Waals surface area contributed by atoms with Crippen LogP contribution in [0, 0.1) is 10.1 Å². The van der Waals surface area contributed by atoms with Crippen LogP contribution in [0.4, 0.5) is 5.69 Å². The van der Waals surface area contributed by atoms with Crippen molar-refractivity contribution in [3.8, 4) is 5.69 Å². The Labute approximate surface area is 163 Å². The summed E-state index contributed by atoms with van der Waals surface area (Å²) in [6, 6.07) is 5.69. The number of nitro benzene ring substituents is 1. The van der Waals surface area contributed by atoms with Gasteiger partial charge in [0.1, 0.15) is 5.25 Å². The summed E-state index contributed by atoms with van der Waals surface area (Å²) in [5, 5.41) is 10.7. The van der Waals surface area contributed by atoms with Crippen molar-refractivity contribution < 1.29 is 14.5 Å². The second-order valence-electron chi connectivity index (χ2n) is 5.69. The van der Waals surface area contributed by atoms with Gasteiger partial charge in [-0.1, -0.05) is 11.8 Å². The lowest BCUT2D eigenvalue weighted by Gasteiger charge is -2.16. The number of non-ortho nitro benzene ring substituents is 1. The maximum atomic E-state index is 13.0. The first-order chi connectivity index (χ1) is 12.9. The van der Waals surface area contributed by atoms with Crippen molar-refractivity contribution in [3.05, 3.63) is 50.4 Å². The molecule has 2 aromatic rings. The molecule has 0 amide bonds. The summed E-state index contributed by atoms with van der Waals surface area (Å²) in [5.74, 6) is 0.390. The standard InChI is InChI=1S/C17H17N3O5S2/c1-3-25-16(22)10(2)27-17-18-13-8-9-26-14(13)15(21)19(17)11-4-6-12(7-5-11)20(23)24/h4-7,10H,3,8-9H2,1-2H3/t10-/m1/s1. The van der Waals surface area contributed by atoms with Gasteiger partial charge in [0.2, 0.25) is 0 Å². The van der Waals surface area contributed by atoms with Gasteiger partial charge in [0.15, 0.2) is 5.16 Å². The molecule has 0 saturated carbocycles. The molecule has 0 spiro atoms. The van der Waals surface area contributed by atoms with Crippen molar-refractivity contribution in [2.24, 2.45) is 0 Å². The third-order valence-corrected chi connectivity index (χ3v) is 6.02. The van der Waals surface area contributed by atoms with E-state index >= 15 is 0 Å². The number of ether oxygens (including phenoxy) is 1. The fourth-order valence-corrected chi connectivity index (χ4v) is 4.55. The molecule has 1 aliphatic rings. The van der Waals surface area contributed by atoms with Crippen LogP contribution in [0.2, 0.25) is 0 Å². The Kier molecular flexibility index (Phi) is 5.85. The molecule has 0 bridgehead atoms. The van der Waals surface area contributed by atoms with Crippen LogP contribution in [-0.2, 0) is 16.0 Å². The van der Waals surface area contributed by atoms with Crippen LogP contribution in [0.5, 0.6) is 0 Å². The van der Waals surface area contributed by atoms with Gasteiger partial charge in [-0.05, 0) is 26.0 Å². The number of nitro groups is 1. The molecule has 10 heteroatoms. The van der Waals surface area contributed by atoms with Crippen LogP contribution in [0.3, 0.4) is 0 Å². The Morgan fingerprint density at radius 3 is 2.78 bits per heavy atom. The second kappa shape index (κ2) is 8.13. The lowest BCUT2D eigenvalue weighted by molar-refractivity contribution is -0.384. The molecular weight excluding hydrogens is 390 g/mol. The summed E-state index contributed by atoms with van der Waals surface area (Å²) in [5.41, 5.74) is 0.896. The van der Waals surface area contributed by atoms with Crippen molar-refractivity contribution in [3.63, 3.8) is 0 Å². The zero-order valence-corrected chi connectivity index (χ0v) is 16.3. The Morgan fingerprint density at radius 1 is 1.44 bits per heavy atom. The van der Waals surface area contributed by atoms with Gasteiger partial charge in [0, 0.05) is 24.3 Å². The van der Waals surface area contributed by atoms with E-state index in [1.165, 1.54) is 40.6 Å². The average Bonchev–Trinajstić information content (AvgIpc) is 3.11. The topological polar surface area (TPSA) is 104 Å². The van der Waals surface area contributed by atoms with Gasteiger partial charge in [0.25, 0.3) is 11.2 Å². The van der Waals surface area contributed by atoms with Gasteiger partial charge >= 0.3 is 5.97 Å². The van der Waals surface area contributed by atoms with Gasteiger partial charge < -0.3 is 4.74 Å². The van der Waals surface area contributed by atoms with Crippen molar-refractivity contribution in [2.45, 2.75) is 35.6 Å². The highest BCUT2D eigenvalue weighted by molar-refractivity contribution is 8.00. The molecule has 0 saturated heterocycles. The Balaban J connectivity index is 2.07. The number of fused-ring (bicyclic) bond motifs is 1. The number of nitrogens with zero attached hydrogens (tertiary/aromatic N) is 3. The SMILES string of the molecule is CCOC(=O)[C@@H](C)Sc1nc2c(c(=O)n1-c1ccc([N+](=O)[O-])cc1)SCC2. The summed E-state index contributed by atoms with van der Waals surface area (Å²) in [6.07, 6.45) is 0.692. The van der Waals surface area contributed by atoms with E-state index < -0.39 is 10.2 Å². The average molecular weight is 407 g/mol. The second-order valence-corrected chi connectivity index (χ2v) is 8.11. The molecule has 8 nitrogen and oxygen atoms in total. The van der Waals surface area contributed by atoms with Crippen LogP contribution in [-0.4, -0.2) is 38.1 Å². The number of aryl methyl sites for hydroxylation is 1. The predicted molar refractivity (Wildman–Crippen MR) is 103 cm³/mol. The Morgan fingerprint density at radius 2 is 2.15 bits per heavy atom. The minimum absolute atomic E-state index is 0.0654. The Hall–Kier alpha value is -2.33. The summed E-state index contributed by atoms with van der Waals surface area (Å²) in [4.78, 5) is 40.6. The molecule has 142 valence electrons. The van der Waals surface area contributed by atoms with Crippen LogP contribution in [0.1, 0.15) is 19.5 Å². The largest absolute Gasteiger partial charge is 0.465 e. The molecule has 27 heavy (non-hydrogen) atoms. The maximum absolute atomic E-state index is 13.0. The fourth-order valence-electron chi connectivity index (χ4n) is 2.59. The van der Waals surface area contributed by atoms with Crippen LogP contribution >= 0.6 is 23.5 Å². The Bertz CT molecular complexity index is 943. The number of benzene rings is 1. The van der Waals surface area contributed by atoms with E-state index in [-0.39, 0.29) is 23.8 Å². The summed E-state index contributed by atoms with van der Waals surface area (Å²) < 4.78 is 6.44. The lowest BCUT2D eigenvalue weighted by atomic mass is 10.2. The fraction of sp³-hybridized carbons (Fsp3) is 0.353. The van der Waals surface area contributed by atoms with Crippen LogP contribution < -0.4 is 5.56 Å². The number of carbonyl (C=O) groups is 1. The number of thioether (sulfide) groups is 2. The van der Waals surface area contributed by atoms with E-state index in [9.17, 15) is 19.7 Å². The number of rotatable bonds is 6. The van der Waals surface area contributed by atoms with Crippen molar-refractivity contribution in [1.82, 2.24) is 9.55 Å². The summed E-state index contributed by atoms with van der Waals surface area (Å²) >= 11 is 2.59. The molecule has 1 aromatic heterocycles. The molecule has 0 radical (unpaired) electrons. The molecule has 3 rings (SSSR count). The molecule has 2 heterocycles. The maximum Gasteiger partial charge on any atom is 0.319 e. The van der Waals surface area contributed by atoms with Crippen LogP contribution in [0.25, 0.3) is 5.69 Å². The number of aromatic nitrogens is 2. The molecule has 0 fully saturated rings. The number of esters is 1. The van der Waals surface area contributed by atoms with E-state index in [1.54, 1.807) is 13.8 Å². The minimum atomic E-state index is -0.548. The van der Waals surface area contributed by atoms with E-state index in [0.717, 1.165) is 23.2 Å². The van der Waals surface area contributed by atoms with E-state index in [2.05, 4.69) is 4.98 Å². The zero-order chi connectivity index (χ0) is 19.6. The first-order valence-corrected chi connectivity index (χ1v) is 10.2. The number of hydrogen-bond donors (Lipinski definition) is 0. The van der Waals surface area contributed by atoms with E-state index in [1.807, 2.05) is 0 Å². The smallest absolute Gasteiger partial charge is 0.319 e.